The molecule has 0 heterocycles. The Bertz CT molecular complexity index is 837. The molecule has 0 spiro atoms. The molecule has 0 fully saturated rings. The maximum absolute atomic E-state index is 11.1. The van der Waals surface area contributed by atoms with Gasteiger partial charge in [-0.15, -0.1) is 0 Å². The zero-order chi connectivity index (χ0) is 18.4. The van der Waals surface area contributed by atoms with Crippen molar-refractivity contribution in [2.45, 2.75) is 6.92 Å². The van der Waals surface area contributed by atoms with Crippen molar-refractivity contribution < 1.29 is 4.79 Å². The van der Waals surface area contributed by atoms with E-state index < -0.39 is 5.91 Å². The predicted molar refractivity (Wildman–Crippen MR) is 104 cm³/mol. The lowest BCUT2D eigenvalue weighted by molar-refractivity contribution is 0.100. The number of allylic oxidation sites excluding steroid dienone is 2. The standard InChI is InChI=1S/C19H19ClN4O/c1-3-12(2)17(13-4-8-15(20)9-5-13)24-19(22)23-16-10-6-14(7-11-16)18(21)25/h3-11H,1H2,2H3,(H2,21,25)(H3,22,23,24)/b17-12-. The Morgan fingerprint density at radius 2 is 1.64 bits per heavy atom. The number of halogens is 1. The summed E-state index contributed by atoms with van der Waals surface area (Å²) in [4.78, 5) is 15.6. The molecule has 0 saturated carbocycles. The summed E-state index contributed by atoms with van der Waals surface area (Å²) >= 11 is 5.94. The Hall–Kier alpha value is -3.05. The molecule has 5 nitrogen and oxygen atoms in total. The Labute approximate surface area is 151 Å². The van der Waals surface area contributed by atoms with Crippen LogP contribution >= 0.6 is 11.6 Å². The van der Waals surface area contributed by atoms with Crippen LogP contribution in [0.1, 0.15) is 22.8 Å². The predicted octanol–water partition coefficient (Wildman–Crippen LogP) is 3.78. The number of amides is 1. The van der Waals surface area contributed by atoms with Gasteiger partial charge in [-0.25, -0.2) is 4.99 Å². The van der Waals surface area contributed by atoms with E-state index in [9.17, 15) is 4.79 Å². The summed E-state index contributed by atoms with van der Waals surface area (Å²) in [5.74, 6) is -0.277. The number of nitrogens with two attached hydrogens (primary N) is 2. The molecule has 128 valence electrons. The highest BCUT2D eigenvalue weighted by atomic mass is 35.5. The van der Waals surface area contributed by atoms with Gasteiger partial charge in [0.1, 0.15) is 0 Å². The number of carbonyl (C=O) groups is 1. The van der Waals surface area contributed by atoms with E-state index in [4.69, 9.17) is 23.1 Å². The Balaban J connectivity index is 2.28. The number of guanidine groups is 1. The topological polar surface area (TPSA) is 93.5 Å². The molecule has 0 aliphatic carbocycles. The van der Waals surface area contributed by atoms with Crippen molar-refractivity contribution >= 4 is 34.9 Å². The van der Waals surface area contributed by atoms with Gasteiger partial charge in [0.05, 0.1) is 5.70 Å². The maximum Gasteiger partial charge on any atom is 0.248 e. The van der Waals surface area contributed by atoms with Crippen LogP contribution in [0.4, 0.5) is 5.69 Å². The molecule has 0 atom stereocenters. The van der Waals surface area contributed by atoms with Crippen LogP contribution in [0.15, 0.2) is 71.8 Å². The lowest BCUT2D eigenvalue weighted by Crippen LogP contribution is -2.22. The van der Waals surface area contributed by atoms with E-state index >= 15 is 0 Å². The summed E-state index contributed by atoms with van der Waals surface area (Å²) in [5, 5.41) is 3.62. The quantitative estimate of drug-likeness (QED) is 0.433. The van der Waals surface area contributed by atoms with E-state index in [0.29, 0.717) is 22.0 Å². The summed E-state index contributed by atoms with van der Waals surface area (Å²) < 4.78 is 0. The third-order valence-corrected chi connectivity index (χ3v) is 3.72. The maximum atomic E-state index is 11.1. The molecule has 0 saturated heterocycles. The summed E-state index contributed by atoms with van der Waals surface area (Å²) in [6.45, 7) is 5.68. The highest BCUT2D eigenvalue weighted by Crippen LogP contribution is 2.23. The van der Waals surface area contributed by atoms with Gasteiger partial charge in [0.15, 0.2) is 5.96 Å². The van der Waals surface area contributed by atoms with Crippen LogP contribution in [0, 0.1) is 0 Å². The van der Waals surface area contributed by atoms with Crippen LogP contribution in [0.25, 0.3) is 5.70 Å². The number of aliphatic imine (C=N–C) groups is 1. The highest BCUT2D eigenvalue weighted by Gasteiger charge is 2.06. The first-order valence-electron chi connectivity index (χ1n) is 7.51. The van der Waals surface area contributed by atoms with Crippen LogP contribution in [0.2, 0.25) is 5.02 Å². The van der Waals surface area contributed by atoms with Crippen molar-refractivity contribution in [2.75, 3.05) is 5.32 Å². The van der Waals surface area contributed by atoms with E-state index in [1.807, 2.05) is 19.1 Å². The second-order valence-corrected chi connectivity index (χ2v) is 5.74. The second kappa shape index (κ2) is 8.17. The van der Waals surface area contributed by atoms with Crippen molar-refractivity contribution in [3.63, 3.8) is 0 Å². The van der Waals surface area contributed by atoms with Gasteiger partial charge >= 0.3 is 0 Å². The lowest BCUT2D eigenvalue weighted by atomic mass is 10.1. The van der Waals surface area contributed by atoms with Crippen molar-refractivity contribution in [3.8, 4) is 0 Å². The first-order valence-corrected chi connectivity index (χ1v) is 7.89. The number of hydrogen-bond acceptors (Lipinski definition) is 2. The van der Waals surface area contributed by atoms with Crippen molar-refractivity contribution in [3.05, 3.63) is 82.9 Å². The van der Waals surface area contributed by atoms with Gasteiger partial charge in [-0.2, -0.15) is 0 Å². The van der Waals surface area contributed by atoms with Gasteiger partial charge in [-0.3, -0.25) is 4.79 Å². The summed E-state index contributed by atoms with van der Waals surface area (Å²) in [6, 6.07) is 13.9. The van der Waals surface area contributed by atoms with E-state index in [1.165, 1.54) is 0 Å². The van der Waals surface area contributed by atoms with E-state index in [2.05, 4.69) is 16.9 Å². The third kappa shape index (κ3) is 4.96. The minimum absolute atomic E-state index is 0.206. The van der Waals surface area contributed by atoms with Gasteiger partial charge in [-0.1, -0.05) is 36.4 Å². The van der Waals surface area contributed by atoms with Gasteiger partial charge in [0.25, 0.3) is 0 Å². The fourth-order valence-electron chi connectivity index (χ4n) is 2.10. The molecular weight excluding hydrogens is 336 g/mol. The molecule has 25 heavy (non-hydrogen) atoms. The number of primary amides is 1. The molecule has 2 aromatic carbocycles. The molecule has 0 unspecified atom stereocenters. The molecule has 0 aliphatic heterocycles. The Morgan fingerprint density at radius 1 is 1.08 bits per heavy atom. The minimum atomic E-state index is -0.484. The zero-order valence-electron chi connectivity index (χ0n) is 13.8. The van der Waals surface area contributed by atoms with E-state index in [-0.39, 0.29) is 5.96 Å². The van der Waals surface area contributed by atoms with Crippen molar-refractivity contribution in [2.24, 2.45) is 16.5 Å². The monoisotopic (exact) mass is 354 g/mol. The van der Waals surface area contributed by atoms with Crippen molar-refractivity contribution in [1.29, 1.82) is 0 Å². The fourth-order valence-corrected chi connectivity index (χ4v) is 2.22. The molecule has 0 bridgehead atoms. The number of rotatable bonds is 5. The fraction of sp³-hybridized carbons (Fsp3) is 0.0526. The van der Waals surface area contributed by atoms with E-state index in [1.54, 1.807) is 42.5 Å². The van der Waals surface area contributed by atoms with Gasteiger partial charge in [-0.05, 0) is 48.9 Å². The molecule has 0 radical (unpaired) electrons. The molecular formula is C19H19ClN4O. The first-order chi connectivity index (χ1) is 11.9. The van der Waals surface area contributed by atoms with Crippen LogP contribution in [-0.4, -0.2) is 11.9 Å². The SMILES string of the molecule is C=C/C(C)=C(\N=C(N)Nc1ccc(C(N)=O)cc1)c1ccc(Cl)cc1. The van der Waals surface area contributed by atoms with Gasteiger partial charge in [0.2, 0.25) is 5.91 Å². The average molecular weight is 355 g/mol. The molecule has 0 aromatic heterocycles. The number of nitrogens with one attached hydrogen (secondary N) is 1. The number of anilines is 1. The largest absolute Gasteiger partial charge is 0.369 e. The van der Waals surface area contributed by atoms with Crippen LogP contribution in [0.5, 0.6) is 0 Å². The number of carbonyl (C=O) groups excluding carboxylic acids is 1. The number of hydrogen-bond donors (Lipinski definition) is 3. The molecule has 2 aromatic rings. The summed E-state index contributed by atoms with van der Waals surface area (Å²) in [6.07, 6.45) is 1.71. The molecule has 1 amide bonds. The van der Waals surface area contributed by atoms with Crippen LogP contribution in [0.3, 0.4) is 0 Å². The second-order valence-electron chi connectivity index (χ2n) is 5.31. The van der Waals surface area contributed by atoms with Gasteiger partial charge < -0.3 is 16.8 Å². The molecule has 5 N–H and O–H groups in total. The molecule has 2 rings (SSSR count). The average Bonchev–Trinajstić information content (AvgIpc) is 2.60. The Kier molecular flexibility index (Phi) is 5.98. The zero-order valence-corrected chi connectivity index (χ0v) is 14.5. The molecule has 6 heteroatoms. The molecule has 0 aliphatic rings. The first kappa shape index (κ1) is 18.3. The van der Waals surface area contributed by atoms with Crippen LogP contribution < -0.4 is 16.8 Å². The minimum Gasteiger partial charge on any atom is -0.369 e. The number of nitrogens with zero attached hydrogens (tertiary/aromatic N) is 1. The number of benzene rings is 2. The third-order valence-electron chi connectivity index (χ3n) is 3.47. The highest BCUT2D eigenvalue weighted by molar-refractivity contribution is 6.30. The normalized spacial score (nSPS) is 12.3. The van der Waals surface area contributed by atoms with E-state index in [0.717, 1.165) is 11.1 Å². The van der Waals surface area contributed by atoms with Crippen LogP contribution in [-0.2, 0) is 0 Å². The smallest absolute Gasteiger partial charge is 0.248 e. The van der Waals surface area contributed by atoms with Crippen molar-refractivity contribution in [1.82, 2.24) is 0 Å². The summed E-state index contributed by atoms with van der Waals surface area (Å²) in [7, 11) is 0. The Morgan fingerprint density at radius 3 is 2.16 bits per heavy atom. The van der Waals surface area contributed by atoms with Gasteiger partial charge in [0, 0.05) is 21.8 Å². The summed E-state index contributed by atoms with van der Waals surface area (Å²) in [5.41, 5.74) is 14.8. The lowest BCUT2D eigenvalue weighted by Gasteiger charge is -2.10.